The lowest BCUT2D eigenvalue weighted by atomic mass is 10.1. The summed E-state index contributed by atoms with van der Waals surface area (Å²) in [5.41, 5.74) is 2.76. The first-order chi connectivity index (χ1) is 8.65. The molecule has 0 fully saturated rings. The molecule has 0 spiro atoms. The minimum absolute atomic E-state index is 0.350. The van der Waals surface area contributed by atoms with Crippen LogP contribution in [0.3, 0.4) is 0 Å². The fourth-order valence-corrected chi connectivity index (χ4v) is 2.68. The second-order valence-corrected chi connectivity index (χ2v) is 5.26. The molecule has 18 heavy (non-hydrogen) atoms. The molecule has 0 bridgehead atoms. The minimum Gasteiger partial charge on any atom is -0.353 e. The van der Waals surface area contributed by atoms with E-state index in [1.807, 2.05) is 30.3 Å². The van der Waals surface area contributed by atoms with Gasteiger partial charge >= 0.3 is 0 Å². The number of nitrogens with one attached hydrogen (secondary N) is 2. The molecule has 2 N–H and O–H groups in total. The predicted molar refractivity (Wildman–Crippen MR) is 79.1 cm³/mol. The number of hydrogen-bond donors (Lipinski definition) is 2. The van der Waals surface area contributed by atoms with Crippen molar-refractivity contribution >= 4 is 50.2 Å². The van der Waals surface area contributed by atoms with Crippen LogP contribution in [0.1, 0.15) is 5.56 Å². The van der Waals surface area contributed by atoms with Crippen molar-refractivity contribution in [1.29, 1.82) is 0 Å². The fourth-order valence-electron chi connectivity index (χ4n) is 1.93. The smallest absolute Gasteiger partial charge is 0.136 e. The maximum Gasteiger partial charge on any atom is 0.136 e. The van der Waals surface area contributed by atoms with E-state index in [0.29, 0.717) is 20.7 Å². The van der Waals surface area contributed by atoms with Crippen molar-refractivity contribution in [2.45, 2.75) is 0 Å². The van der Waals surface area contributed by atoms with Gasteiger partial charge in [0, 0.05) is 4.47 Å². The Morgan fingerprint density at radius 2 is 1.67 bits per heavy atom. The van der Waals surface area contributed by atoms with E-state index in [4.69, 9.17) is 12.2 Å². The van der Waals surface area contributed by atoms with Gasteiger partial charge in [0.25, 0.3) is 0 Å². The van der Waals surface area contributed by atoms with E-state index in [-0.39, 0.29) is 5.82 Å². The standard InChI is InChI=1S/C13H8BrFN2S/c14-7-5-8(15)12-11(6-7)16-9-3-1-2-4-10(9)17-13(12)18/h1-6,16H,(H,17,18). The Bertz CT molecular complexity index is 657. The summed E-state index contributed by atoms with van der Waals surface area (Å²) in [5, 5.41) is 6.25. The molecule has 5 heteroatoms. The van der Waals surface area contributed by atoms with E-state index in [0.717, 1.165) is 11.4 Å². The van der Waals surface area contributed by atoms with Crippen LogP contribution in [0.5, 0.6) is 0 Å². The highest BCUT2D eigenvalue weighted by atomic mass is 79.9. The minimum atomic E-state index is -0.350. The summed E-state index contributed by atoms with van der Waals surface area (Å²) in [6.07, 6.45) is 0. The number of halogens is 2. The molecule has 0 aliphatic carbocycles. The lowest BCUT2D eigenvalue weighted by molar-refractivity contribution is 0.625. The van der Waals surface area contributed by atoms with Gasteiger partial charge in [-0.05, 0) is 24.3 Å². The quantitative estimate of drug-likeness (QED) is 0.701. The van der Waals surface area contributed by atoms with Gasteiger partial charge in [-0.25, -0.2) is 4.39 Å². The first-order valence-electron chi connectivity index (χ1n) is 5.31. The van der Waals surface area contributed by atoms with E-state index in [2.05, 4.69) is 26.6 Å². The van der Waals surface area contributed by atoms with Crippen LogP contribution in [0.15, 0.2) is 40.9 Å². The number of hydrogen-bond acceptors (Lipinski definition) is 2. The number of anilines is 3. The van der Waals surface area contributed by atoms with Crippen LogP contribution >= 0.6 is 28.1 Å². The van der Waals surface area contributed by atoms with E-state index in [1.165, 1.54) is 6.07 Å². The monoisotopic (exact) mass is 322 g/mol. The highest BCUT2D eigenvalue weighted by Crippen LogP contribution is 2.34. The third-order valence-electron chi connectivity index (χ3n) is 2.73. The van der Waals surface area contributed by atoms with Gasteiger partial charge in [-0.3, -0.25) is 0 Å². The molecule has 0 atom stereocenters. The van der Waals surface area contributed by atoms with Gasteiger partial charge < -0.3 is 10.6 Å². The number of benzene rings is 2. The Hall–Kier alpha value is -1.46. The van der Waals surface area contributed by atoms with Crippen LogP contribution in [-0.4, -0.2) is 4.99 Å². The molecule has 0 saturated carbocycles. The zero-order chi connectivity index (χ0) is 12.7. The predicted octanol–water partition coefficient (Wildman–Crippen LogP) is 4.43. The van der Waals surface area contributed by atoms with Crippen molar-refractivity contribution in [3.63, 3.8) is 0 Å². The normalized spacial score (nSPS) is 12.9. The molecular weight excluding hydrogens is 315 g/mol. The van der Waals surface area contributed by atoms with Crippen LogP contribution in [0.25, 0.3) is 0 Å². The number of rotatable bonds is 0. The molecule has 0 saturated heterocycles. The molecule has 2 aromatic carbocycles. The molecule has 0 radical (unpaired) electrons. The molecule has 1 aliphatic rings. The third kappa shape index (κ3) is 1.89. The van der Waals surface area contributed by atoms with Crippen LogP contribution in [0.4, 0.5) is 21.5 Å². The number of thiocarbonyl (C=S) groups is 1. The average molecular weight is 323 g/mol. The van der Waals surface area contributed by atoms with Crippen molar-refractivity contribution in [2.75, 3.05) is 10.6 Å². The summed E-state index contributed by atoms with van der Waals surface area (Å²) in [6, 6.07) is 10.8. The van der Waals surface area contributed by atoms with Crippen LogP contribution in [-0.2, 0) is 0 Å². The molecular formula is C13H8BrFN2S. The molecule has 0 amide bonds. The molecule has 2 aromatic rings. The topological polar surface area (TPSA) is 24.1 Å². The van der Waals surface area contributed by atoms with Crippen molar-refractivity contribution < 1.29 is 4.39 Å². The summed E-state index contributed by atoms with van der Waals surface area (Å²) in [4.78, 5) is 0.382. The van der Waals surface area contributed by atoms with Gasteiger partial charge in [0.15, 0.2) is 0 Å². The Morgan fingerprint density at radius 3 is 2.39 bits per heavy atom. The Morgan fingerprint density at radius 1 is 1.00 bits per heavy atom. The van der Waals surface area contributed by atoms with Crippen molar-refractivity contribution in [3.05, 3.63) is 52.3 Å². The maximum absolute atomic E-state index is 14.0. The van der Waals surface area contributed by atoms with E-state index in [9.17, 15) is 4.39 Å². The lowest BCUT2D eigenvalue weighted by Crippen LogP contribution is -2.11. The summed E-state index contributed by atoms with van der Waals surface area (Å²) in [6.45, 7) is 0. The second kappa shape index (κ2) is 4.33. The molecule has 2 nitrogen and oxygen atoms in total. The maximum atomic E-state index is 14.0. The molecule has 3 rings (SSSR count). The first-order valence-corrected chi connectivity index (χ1v) is 6.52. The van der Waals surface area contributed by atoms with Crippen LogP contribution in [0, 0.1) is 5.82 Å². The van der Waals surface area contributed by atoms with E-state index >= 15 is 0 Å². The van der Waals surface area contributed by atoms with Crippen molar-refractivity contribution in [3.8, 4) is 0 Å². The van der Waals surface area contributed by atoms with Gasteiger partial charge in [0.1, 0.15) is 10.8 Å². The van der Waals surface area contributed by atoms with Crippen LogP contribution < -0.4 is 10.6 Å². The largest absolute Gasteiger partial charge is 0.353 e. The average Bonchev–Trinajstić information content (AvgIpc) is 2.43. The Balaban J connectivity index is 2.23. The summed E-state index contributed by atoms with van der Waals surface area (Å²) < 4.78 is 14.7. The molecule has 0 aromatic heterocycles. The summed E-state index contributed by atoms with van der Waals surface area (Å²) in [5.74, 6) is -0.350. The zero-order valence-corrected chi connectivity index (χ0v) is 11.5. The van der Waals surface area contributed by atoms with Gasteiger partial charge in [-0.15, -0.1) is 0 Å². The summed E-state index contributed by atoms with van der Waals surface area (Å²) in [7, 11) is 0. The van der Waals surface area contributed by atoms with Crippen molar-refractivity contribution in [2.24, 2.45) is 0 Å². The van der Waals surface area contributed by atoms with E-state index in [1.54, 1.807) is 0 Å². The highest BCUT2D eigenvalue weighted by Gasteiger charge is 2.20. The van der Waals surface area contributed by atoms with Gasteiger partial charge in [0.2, 0.25) is 0 Å². The second-order valence-electron chi connectivity index (χ2n) is 3.93. The zero-order valence-electron chi connectivity index (χ0n) is 9.13. The van der Waals surface area contributed by atoms with Crippen LogP contribution in [0.2, 0.25) is 0 Å². The third-order valence-corrected chi connectivity index (χ3v) is 3.49. The molecule has 90 valence electrons. The van der Waals surface area contributed by atoms with Gasteiger partial charge in [-0.2, -0.15) is 0 Å². The highest BCUT2D eigenvalue weighted by molar-refractivity contribution is 9.10. The van der Waals surface area contributed by atoms with E-state index < -0.39 is 0 Å². The molecule has 1 aliphatic heterocycles. The first kappa shape index (κ1) is 11.6. The molecule has 0 unspecified atom stereocenters. The van der Waals surface area contributed by atoms with Gasteiger partial charge in [0.05, 0.1) is 22.6 Å². The lowest BCUT2D eigenvalue weighted by Gasteiger charge is -2.09. The molecule has 1 heterocycles. The Kier molecular flexibility index (Phi) is 2.80. The Labute approximate surface area is 117 Å². The van der Waals surface area contributed by atoms with Gasteiger partial charge in [-0.1, -0.05) is 40.3 Å². The fraction of sp³-hybridized carbons (Fsp3) is 0. The number of fused-ring (bicyclic) bond motifs is 2. The van der Waals surface area contributed by atoms with Crippen molar-refractivity contribution in [1.82, 2.24) is 0 Å². The summed E-state index contributed by atoms with van der Waals surface area (Å²) >= 11 is 8.53. The number of para-hydroxylation sites is 2. The SMILES string of the molecule is Fc1cc(Br)cc2c1C(=S)Nc1ccccc1N2.